The van der Waals surface area contributed by atoms with Gasteiger partial charge in [-0.1, -0.05) is 70.8 Å². The van der Waals surface area contributed by atoms with Gasteiger partial charge in [-0.05, 0) is 27.7 Å². The van der Waals surface area contributed by atoms with Crippen LogP contribution in [0.2, 0.25) is 0 Å². The topological polar surface area (TPSA) is 164 Å². The van der Waals surface area contributed by atoms with Crippen molar-refractivity contribution >= 4 is 24.3 Å². The van der Waals surface area contributed by atoms with Crippen LogP contribution in [0.3, 0.4) is 0 Å². The maximum absolute atomic E-state index is 8.35. The third-order valence-electron chi connectivity index (χ3n) is 2.39. The molecule has 0 spiro atoms. The maximum Gasteiger partial charge on any atom is 0.231 e. The molecule has 8 heteroatoms. The number of hydrogen-bond donors (Lipinski definition) is 4. The molecule has 0 radical (unpaired) electrons. The van der Waals surface area contributed by atoms with Crippen molar-refractivity contribution in [2.24, 2.45) is 0 Å². The lowest BCUT2D eigenvalue weighted by atomic mass is 10.2. The van der Waals surface area contributed by atoms with Crippen molar-refractivity contribution in [1.82, 2.24) is 0 Å². The molecule has 2 aromatic rings. The van der Waals surface area contributed by atoms with E-state index in [1.54, 1.807) is 0 Å². The second-order valence-electron chi connectivity index (χ2n) is 4.72. The molecule has 8 nitrogen and oxygen atoms in total. The molecule has 0 aliphatic rings. The fourth-order valence-electron chi connectivity index (χ4n) is 1.44. The van der Waals surface area contributed by atoms with Gasteiger partial charge in [0.05, 0.1) is 0 Å². The van der Waals surface area contributed by atoms with Crippen molar-refractivity contribution in [3.8, 4) is 0 Å². The average molecular weight is 384 g/mol. The van der Waals surface area contributed by atoms with Crippen molar-refractivity contribution in [3.63, 3.8) is 0 Å². The minimum absolute atomic E-state index is 0.750. The Morgan fingerprint density at radius 2 is 0.714 bits per heavy atom. The average Bonchev–Trinajstić information content (AvgIpc) is 2.61. The van der Waals surface area contributed by atoms with Gasteiger partial charge < -0.3 is 0 Å². The summed E-state index contributed by atoms with van der Waals surface area (Å²) in [6.45, 7) is 8.40. The van der Waals surface area contributed by atoms with Gasteiger partial charge in [-0.25, -0.2) is 40.8 Å². The number of benzene rings is 2. The second kappa shape index (κ2) is 27.8. The Labute approximate surface area is 164 Å². The predicted molar refractivity (Wildman–Crippen MR) is 105 cm³/mol. The zero-order valence-electron chi connectivity index (χ0n) is 16.3. The molecule has 0 fully saturated rings. The highest BCUT2D eigenvalue weighted by molar-refractivity contribution is 5.27. The smallest absolute Gasteiger partial charge is 0.222 e. The quantitative estimate of drug-likeness (QED) is 0.395. The number of hydrogen-bond acceptors (Lipinski definition) is 8. The minimum Gasteiger partial charge on any atom is -0.222 e. The number of aryl methyl sites for hydroxylation is 4. The second-order valence-corrected chi connectivity index (χ2v) is 4.72. The molecule has 2 aromatic carbocycles. The van der Waals surface area contributed by atoms with Crippen LogP contribution in [0.1, 0.15) is 22.3 Å². The molecule has 0 saturated heterocycles. The maximum atomic E-state index is 8.35. The molecular formula is C20H24N4O4. The Morgan fingerprint density at radius 1 is 0.500 bits per heavy atom. The first-order valence-electron chi connectivity index (χ1n) is 7.46. The van der Waals surface area contributed by atoms with Crippen LogP contribution in [0, 0.1) is 49.3 Å². The van der Waals surface area contributed by atoms with Crippen LogP contribution in [0.25, 0.3) is 0 Å². The lowest BCUT2D eigenvalue weighted by Crippen LogP contribution is -1.71. The van der Waals surface area contributed by atoms with Crippen LogP contribution in [0.15, 0.2) is 48.5 Å². The van der Waals surface area contributed by atoms with Gasteiger partial charge in [0, 0.05) is 0 Å². The number of nitrogens with one attached hydrogen (secondary N) is 4. The van der Waals surface area contributed by atoms with Gasteiger partial charge in [0.1, 0.15) is 0 Å². The van der Waals surface area contributed by atoms with Crippen molar-refractivity contribution in [2.45, 2.75) is 27.7 Å². The molecule has 28 heavy (non-hydrogen) atoms. The molecule has 0 aliphatic heterocycles. The lowest BCUT2D eigenvalue weighted by molar-refractivity contribution is 0.562. The van der Waals surface area contributed by atoms with Gasteiger partial charge in [0.25, 0.3) is 0 Å². The van der Waals surface area contributed by atoms with Gasteiger partial charge in [-0.3, -0.25) is 0 Å². The Bertz CT molecular complexity index is 677. The van der Waals surface area contributed by atoms with Crippen LogP contribution in [-0.2, 0) is 19.2 Å². The monoisotopic (exact) mass is 384 g/mol. The van der Waals surface area contributed by atoms with Crippen molar-refractivity contribution in [1.29, 1.82) is 21.6 Å². The van der Waals surface area contributed by atoms with Crippen LogP contribution in [0.5, 0.6) is 0 Å². The van der Waals surface area contributed by atoms with E-state index < -0.39 is 0 Å². The first kappa shape index (κ1) is 31.7. The lowest BCUT2D eigenvalue weighted by Gasteiger charge is -1.90. The molecule has 0 unspecified atom stereocenters. The Morgan fingerprint density at radius 3 is 0.857 bits per heavy atom. The van der Waals surface area contributed by atoms with E-state index in [0.29, 0.717) is 0 Å². The highest BCUT2D eigenvalue weighted by Crippen LogP contribution is 2.00. The molecule has 0 saturated carbocycles. The predicted octanol–water partition coefficient (Wildman–Crippen LogP) is 4.21. The summed E-state index contributed by atoms with van der Waals surface area (Å²) in [7, 11) is 0. The summed E-state index contributed by atoms with van der Waals surface area (Å²) in [4.78, 5) is 33.4. The van der Waals surface area contributed by atoms with E-state index in [9.17, 15) is 0 Å². The van der Waals surface area contributed by atoms with Crippen molar-refractivity contribution < 1.29 is 19.2 Å². The molecule has 0 aliphatic carbocycles. The molecule has 0 aromatic heterocycles. The fraction of sp³-hybridized carbons (Fsp3) is 0.200. The largest absolute Gasteiger partial charge is 0.231 e. The van der Waals surface area contributed by atoms with Gasteiger partial charge in [-0.15, -0.1) is 0 Å². The number of carbonyl (C=O) groups excluding carboxylic acids is 4. The SMILES string of the molecule is Cc1ccc(C)cc1.Cc1cccc(C)c1.N=C=O.N=C=O.N=C=O.N=C=O. The summed E-state index contributed by atoms with van der Waals surface area (Å²) in [6, 6.07) is 16.9. The van der Waals surface area contributed by atoms with Crippen LogP contribution >= 0.6 is 0 Å². The first-order valence-corrected chi connectivity index (χ1v) is 7.46. The molecule has 0 amide bonds. The van der Waals surface area contributed by atoms with Crippen LogP contribution in [0.4, 0.5) is 0 Å². The normalized spacial score (nSPS) is 6.43. The van der Waals surface area contributed by atoms with E-state index in [-0.39, 0.29) is 0 Å². The van der Waals surface area contributed by atoms with E-state index >= 15 is 0 Å². The molecule has 148 valence electrons. The third kappa shape index (κ3) is 37.9. The summed E-state index contributed by atoms with van der Waals surface area (Å²) in [5.74, 6) is 0. The van der Waals surface area contributed by atoms with E-state index in [1.807, 2.05) is 0 Å². The molecule has 0 heterocycles. The van der Waals surface area contributed by atoms with Crippen molar-refractivity contribution in [2.75, 3.05) is 0 Å². The van der Waals surface area contributed by atoms with Crippen molar-refractivity contribution in [3.05, 3.63) is 70.8 Å². The fourth-order valence-corrected chi connectivity index (χ4v) is 1.44. The number of isocyanates is 4. The highest BCUT2D eigenvalue weighted by atomic mass is 16.1. The summed E-state index contributed by atoms with van der Waals surface area (Å²) >= 11 is 0. The zero-order chi connectivity index (χ0) is 22.8. The molecule has 4 N–H and O–H groups in total. The van der Waals surface area contributed by atoms with E-state index in [1.165, 1.54) is 22.3 Å². The summed E-state index contributed by atoms with van der Waals surface area (Å²) in [5, 5.41) is 21.6. The van der Waals surface area contributed by atoms with Gasteiger partial charge in [0.15, 0.2) is 0 Å². The molecular weight excluding hydrogens is 360 g/mol. The number of rotatable bonds is 0. The van der Waals surface area contributed by atoms with E-state index in [2.05, 4.69) is 76.2 Å². The van der Waals surface area contributed by atoms with Crippen LogP contribution < -0.4 is 0 Å². The molecule has 0 bridgehead atoms. The summed E-state index contributed by atoms with van der Waals surface area (Å²) in [6.07, 6.45) is 3.00. The first-order chi connectivity index (χ1) is 13.2. The highest BCUT2D eigenvalue weighted by Gasteiger charge is 1.81. The third-order valence-corrected chi connectivity index (χ3v) is 2.39. The standard InChI is InChI=1S/2C8H10.4CHNO/c1-7-3-5-8(2)6-4-7;1-7-4-3-5-8(2)6-7;4*2-1-3/h2*3-6H,1-2H3;4*2H. The van der Waals surface area contributed by atoms with Crippen LogP contribution in [-0.4, -0.2) is 24.3 Å². The summed E-state index contributed by atoms with van der Waals surface area (Å²) < 4.78 is 0. The Balaban J connectivity index is -0.000000134. The van der Waals surface area contributed by atoms with Gasteiger partial charge >= 0.3 is 0 Å². The summed E-state index contributed by atoms with van der Waals surface area (Å²) in [5.41, 5.74) is 5.33. The Kier molecular flexibility index (Phi) is 31.5. The zero-order valence-corrected chi connectivity index (χ0v) is 16.3. The molecule has 2 rings (SSSR count). The van der Waals surface area contributed by atoms with E-state index in [0.717, 1.165) is 24.3 Å². The minimum atomic E-state index is 0.750. The van der Waals surface area contributed by atoms with Gasteiger partial charge in [0.2, 0.25) is 24.3 Å². The van der Waals surface area contributed by atoms with Gasteiger partial charge in [-0.2, -0.15) is 0 Å². The molecule has 0 atom stereocenters. The Hall–Kier alpha value is -4.04. The van der Waals surface area contributed by atoms with E-state index in [4.69, 9.17) is 40.8 Å².